The monoisotopic (exact) mass is 197 g/mol. The molecule has 0 fully saturated rings. The number of rotatable bonds is 5. The van der Waals surface area contributed by atoms with E-state index < -0.39 is 0 Å². The van der Waals surface area contributed by atoms with Gasteiger partial charge in [-0.25, -0.2) is 0 Å². The van der Waals surface area contributed by atoms with Gasteiger partial charge in [-0.05, 0) is 19.9 Å². The highest BCUT2D eigenvalue weighted by atomic mass is 16.5. The summed E-state index contributed by atoms with van der Waals surface area (Å²) in [7, 11) is 1.67. The van der Waals surface area contributed by atoms with E-state index in [1.807, 2.05) is 11.6 Å². The molecule has 14 heavy (non-hydrogen) atoms. The van der Waals surface area contributed by atoms with Gasteiger partial charge in [0, 0.05) is 31.8 Å². The van der Waals surface area contributed by atoms with E-state index in [1.54, 1.807) is 7.11 Å². The van der Waals surface area contributed by atoms with Crippen molar-refractivity contribution in [2.45, 2.75) is 32.9 Å². The minimum Gasteiger partial charge on any atom is -0.383 e. The summed E-state index contributed by atoms with van der Waals surface area (Å²) < 4.78 is 6.99. The van der Waals surface area contributed by atoms with Crippen LogP contribution in [0, 0.1) is 6.92 Å². The minimum absolute atomic E-state index is 0.0569. The molecule has 1 unspecified atom stereocenters. The summed E-state index contributed by atoms with van der Waals surface area (Å²) >= 11 is 0. The van der Waals surface area contributed by atoms with Crippen LogP contribution in [0.15, 0.2) is 6.07 Å². The Morgan fingerprint density at radius 2 is 2.36 bits per heavy atom. The van der Waals surface area contributed by atoms with Crippen molar-refractivity contribution in [3.63, 3.8) is 0 Å². The van der Waals surface area contributed by atoms with Crippen LogP contribution in [-0.4, -0.2) is 29.5 Å². The van der Waals surface area contributed by atoms with E-state index >= 15 is 0 Å². The maximum absolute atomic E-state index is 5.88. The predicted molar refractivity (Wildman–Crippen MR) is 56.2 cm³/mol. The molecule has 1 rings (SSSR count). The van der Waals surface area contributed by atoms with Crippen LogP contribution < -0.4 is 5.73 Å². The van der Waals surface area contributed by atoms with Crippen LogP contribution >= 0.6 is 0 Å². The molecule has 1 aromatic heterocycles. The number of hydrogen-bond acceptors (Lipinski definition) is 3. The molecule has 0 saturated heterocycles. The molecule has 2 N–H and O–H groups in total. The summed E-state index contributed by atoms with van der Waals surface area (Å²) in [5, 5.41) is 4.36. The summed E-state index contributed by atoms with van der Waals surface area (Å²) in [6.45, 7) is 5.56. The van der Waals surface area contributed by atoms with Crippen molar-refractivity contribution in [2.24, 2.45) is 5.73 Å². The third-order valence-electron chi connectivity index (χ3n) is 2.14. The first-order valence-corrected chi connectivity index (χ1v) is 4.95. The van der Waals surface area contributed by atoms with Crippen molar-refractivity contribution in [3.8, 4) is 0 Å². The Kier molecular flexibility index (Phi) is 4.10. The molecule has 0 aliphatic carbocycles. The summed E-state index contributed by atoms with van der Waals surface area (Å²) in [6, 6.07) is 2.14. The average Bonchev–Trinajstić information content (AvgIpc) is 2.46. The van der Waals surface area contributed by atoms with Gasteiger partial charge < -0.3 is 10.5 Å². The van der Waals surface area contributed by atoms with E-state index in [-0.39, 0.29) is 6.04 Å². The zero-order chi connectivity index (χ0) is 10.6. The van der Waals surface area contributed by atoms with Crippen molar-refractivity contribution in [2.75, 3.05) is 13.7 Å². The van der Waals surface area contributed by atoms with Crippen molar-refractivity contribution in [1.82, 2.24) is 9.78 Å². The largest absolute Gasteiger partial charge is 0.383 e. The summed E-state index contributed by atoms with van der Waals surface area (Å²) in [5.74, 6) is 0. The van der Waals surface area contributed by atoms with Crippen LogP contribution in [0.5, 0.6) is 0 Å². The minimum atomic E-state index is 0.0569. The van der Waals surface area contributed by atoms with E-state index in [1.165, 1.54) is 5.69 Å². The Bertz CT molecular complexity index is 283. The summed E-state index contributed by atoms with van der Waals surface area (Å²) in [4.78, 5) is 0. The van der Waals surface area contributed by atoms with Gasteiger partial charge in [0.2, 0.25) is 0 Å². The van der Waals surface area contributed by atoms with Crippen LogP contribution in [-0.2, 0) is 17.7 Å². The van der Waals surface area contributed by atoms with E-state index in [2.05, 4.69) is 18.1 Å². The highest BCUT2D eigenvalue weighted by Crippen LogP contribution is 2.06. The molecule has 0 saturated carbocycles. The van der Waals surface area contributed by atoms with Gasteiger partial charge in [0.25, 0.3) is 0 Å². The maximum Gasteiger partial charge on any atom is 0.0617 e. The van der Waals surface area contributed by atoms with Gasteiger partial charge in [-0.1, -0.05) is 0 Å². The average molecular weight is 197 g/mol. The van der Waals surface area contributed by atoms with Gasteiger partial charge in [-0.2, -0.15) is 5.10 Å². The van der Waals surface area contributed by atoms with Crippen molar-refractivity contribution < 1.29 is 4.74 Å². The zero-order valence-electron chi connectivity index (χ0n) is 9.16. The van der Waals surface area contributed by atoms with Crippen LogP contribution in [0.25, 0.3) is 0 Å². The fourth-order valence-corrected chi connectivity index (χ4v) is 1.58. The molecule has 0 amide bonds. The third kappa shape index (κ3) is 2.82. The van der Waals surface area contributed by atoms with Gasteiger partial charge in [0.1, 0.15) is 0 Å². The first-order chi connectivity index (χ1) is 6.67. The second-order valence-electron chi connectivity index (χ2n) is 3.51. The SMILES string of the molecule is CCn1nc(C)cc1CC(N)COC. The van der Waals surface area contributed by atoms with E-state index in [0.29, 0.717) is 6.61 Å². The highest BCUT2D eigenvalue weighted by Gasteiger charge is 2.08. The fourth-order valence-electron chi connectivity index (χ4n) is 1.58. The first-order valence-electron chi connectivity index (χ1n) is 4.95. The van der Waals surface area contributed by atoms with Crippen LogP contribution in [0.1, 0.15) is 18.3 Å². The van der Waals surface area contributed by atoms with Crippen LogP contribution in [0.2, 0.25) is 0 Å². The number of aryl methyl sites for hydroxylation is 2. The quantitative estimate of drug-likeness (QED) is 0.757. The maximum atomic E-state index is 5.88. The highest BCUT2D eigenvalue weighted by molar-refractivity contribution is 5.10. The van der Waals surface area contributed by atoms with Gasteiger partial charge >= 0.3 is 0 Å². The molecule has 0 spiro atoms. The van der Waals surface area contributed by atoms with Crippen LogP contribution in [0.3, 0.4) is 0 Å². The Hall–Kier alpha value is -0.870. The molecular formula is C10H19N3O. The molecule has 0 aliphatic rings. The zero-order valence-corrected chi connectivity index (χ0v) is 9.16. The van der Waals surface area contributed by atoms with Crippen molar-refractivity contribution in [3.05, 3.63) is 17.5 Å². The molecule has 0 bridgehead atoms. The topological polar surface area (TPSA) is 53.1 Å². The lowest BCUT2D eigenvalue weighted by Crippen LogP contribution is -2.29. The molecule has 80 valence electrons. The second-order valence-corrected chi connectivity index (χ2v) is 3.51. The molecule has 4 nitrogen and oxygen atoms in total. The Balaban J connectivity index is 2.65. The van der Waals surface area contributed by atoms with Gasteiger partial charge in [0.15, 0.2) is 0 Å². The molecule has 0 radical (unpaired) electrons. The molecule has 4 heteroatoms. The molecule has 0 aliphatic heterocycles. The normalized spacial score (nSPS) is 13.1. The molecule has 1 heterocycles. The van der Waals surface area contributed by atoms with Crippen molar-refractivity contribution in [1.29, 1.82) is 0 Å². The predicted octanol–water partition coefficient (Wildman–Crippen LogP) is 0.728. The van der Waals surface area contributed by atoms with E-state index in [9.17, 15) is 0 Å². The summed E-state index contributed by atoms with van der Waals surface area (Å²) in [5.41, 5.74) is 8.12. The molecule has 1 aromatic rings. The van der Waals surface area contributed by atoms with Gasteiger partial charge in [0.05, 0.1) is 12.3 Å². The number of hydrogen-bond donors (Lipinski definition) is 1. The number of ether oxygens (including phenoxy) is 1. The third-order valence-corrected chi connectivity index (χ3v) is 2.14. The van der Waals surface area contributed by atoms with E-state index in [0.717, 1.165) is 18.7 Å². The van der Waals surface area contributed by atoms with Crippen LogP contribution in [0.4, 0.5) is 0 Å². The Labute approximate surface area is 85.0 Å². The molecule has 1 atom stereocenters. The number of nitrogens with zero attached hydrogens (tertiary/aromatic N) is 2. The van der Waals surface area contributed by atoms with Gasteiger partial charge in [-0.3, -0.25) is 4.68 Å². The lowest BCUT2D eigenvalue weighted by molar-refractivity contribution is 0.179. The fraction of sp³-hybridized carbons (Fsp3) is 0.700. The standard InChI is InChI=1S/C10H19N3O/c1-4-13-10(5-8(2)12-13)6-9(11)7-14-3/h5,9H,4,6-7,11H2,1-3H3. The Morgan fingerprint density at radius 1 is 1.64 bits per heavy atom. The first kappa shape index (κ1) is 11.2. The Morgan fingerprint density at radius 3 is 2.93 bits per heavy atom. The second kappa shape index (κ2) is 5.12. The smallest absolute Gasteiger partial charge is 0.0617 e. The lowest BCUT2D eigenvalue weighted by Gasteiger charge is -2.10. The molecular weight excluding hydrogens is 178 g/mol. The summed E-state index contributed by atoms with van der Waals surface area (Å²) in [6.07, 6.45) is 0.822. The van der Waals surface area contributed by atoms with E-state index in [4.69, 9.17) is 10.5 Å². The molecule has 0 aromatic carbocycles. The number of methoxy groups -OCH3 is 1. The number of nitrogens with two attached hydrogens (primary N) is 1. The van der Waals surface area contributed by atoms with Gasteiger partial charge in [-0.15, -0.1) is 0 Å². The lowest BCUT2D eigenvalue weighted by atomic mass is 10.2. The van der Waals surface area contributed by atoms with Crippen molar-refractivity contribution >= 4 is 0 Å². The number of aromatic nitrogens is 2.